The molecule has 2 saturated heterocycles. The van der Waals surface area contributed by atoms with E-state index < -0.39 is 0 Å². The van der Waals surface area contributed by atoms with E-state index in [1.807, 2.05) is 12.1 Å². The number of hydrogen-bond donors (Lipinski definition) is 0. The van der Waals surface area contributed by atoms with E-state index in [1.165, 1.54) is 10.9 Å². The van der Waals surface area contributed by atoms with Gasteiger partial charge in [-0.3, -0.25) is 0 Å². The molecule has 0 aliphatic carbocycles. The first kappa shape index (κ1) is 16.6. The Bertz CT molecular complexity index is 769. The summed E-state index contributed by atoms with van der Waals surface area (Å²) in [5.41, 5.74) is 2.30. The lowest BCUT2D eigenvalue weighted by atomic mass is 9.89. The molecule has 0 unspecified atom stereocenters. The van der Waals surface area contributed by atoms with Crippen LogP contribution >= 0.6 is 0 Å². The smallest absolute Gasteiger partial charge is 0.129 e. The monoisotopic (exact) mass is 341 g/mol. The predicted molar refractivity (Wildman–Crippen MR) is 101 cm³/mol. The number of piperidine rings is 1. The van der Waals surface area contributed by atoms with Crippen LogP contribution < -0.4 is 9.64 Å². The molecule has 1 aromatic carbocycles. The number of aryl methyl sites for hydroxylation is 1. The number of likely N-dealkylation sites (N-methyl/N-ethyl adjacent to an activating group) is 1. The van der Waals surface area contributed by atoms with Gasteiger partial charge in [-0.15, -0.1) is 0 Å². The van der Waals surface area contributed by atoms with Crippen molar-refractivity contribution in [1.82, 2.24) is 9.88 Å². The molecule has 5 nitrogen and oxygen atoms in total. The number of morpholine rings is 1. The molecule has 0 saturated carbocycles. The number of methoxy groups -OCH3 is 1. The highest BCUT2D eigenvalue weighted by Gasteiger charge is 2.39. The number of fused-ring (bicyclic) bond motifs is 1. The van der Waals surface area contributed by atoms with Gasteiger partial charge in [-0.05, 0) is 50.6 Å². The molecular formula is C20H27N3O2. The van der Waals surface area contributed by atoms with Gasteiger partial charge in [-0.2, -0.15) is 0 Å². The highest BCUT2D eigenvalue weighted by atomic mass is 16.5. The van der Waals surface area contributed by atoms with Gasteiger partial charge in [0.15, 0.2) is 0 Å². The van der Waals surface area contributed by atoms with Crippen LogP contribution in [-0.4, -0.2) is 62.4 Å². The summed E-state index contributed by atoms with van der Waals surface area (Å²) in [6, 6.07) is 8.33. The fraction of sp³-hybridized carbons (Fsp3) is 0.550. The third-order valence-electron chi connectivity index (χ3n) is 5.65. The van der Waals surface area contributed by atoms with Gasteiger partial charge in [0.25, 0.3) is 0 Å². The fourth-order valence-electron chi connectivity index (χ4n) is 4.13. The molecule has 25 heavy (non-hydrogen) atoms. The zero-order valence-corrected chi connectivity index (χ0v) is 15.4. The van der Waals surface area contributed by atoms with Gasteiger partial charge >= 0.3 is 0 Å². The van der Waals surface area contributed by atoms with Crippen molar-refractivity contribution in [1.29, 1.82) is 0 Å². The van der Waals surface area contributed by atoms with E-state index in [1.54, 1.807) is 7.11 Å². The van der Waals surface area contributed by atoms with E-state index in [9.17, 15) is 0 Å². The Hall–Kier alpha value is -1.85. The summed E-state index contributed by atoms with van der Waals surface area (Å²) >= 11 is 0. The van der Waals surface area contributed by atoms with E-state index >= 15 is 0 Å². The van der Waals surface area contributed by atoms with E-state index in [0.717, 1.165) is 62.7 Å². The highest BCUT2D eigenvalue weighted by molar-refractivity contribution is 5.85. The largest absolute Gasteiger partial charge is 0.497 e. The molecule has 0 bridgehead atoms. The SMILES string of the molecule is COc1ccc2c(C)cc(N3CCC4(CC3)CN(C)CCO4)nc2c1. The van der Waals surface area contributed by atoms with Crippen molar-refractivity contribution in [3.05, 3.63) is 29.8 Å². The second-order valence-corrected chi connectivity index (χ2v) is 7.44. The minimum atomic E-state index is 0.0403. The summed E-state index contributed by atoms with van der Waals surface area (Å²) in [5, 5.41) is 1.19. The van der Waals surface area contributed by atoms with Crippen molar-refractivity contribution in [2.75, 3.05) is 51.8 Å². The number of aromatic nitrogens is 1. The minimum absolute atomic E-state index is 0.0403. The Kier molecular flexibility index (Phi) is 4.29. The average Bonchev–Trinajstić information content (AvgIpc) is 2.61. The van der Waals surface area contributed by atoms with Gasteiger partial charge in [-0.25, -0.2) is 4.98 Å². The summed E-state index contributed by atoms with van der Waals surface area (Å²) in [7, 11) is 3.89. The van der Waals surface area contributed by atoms with Crippen molar-refractivity contribution in [2.24, 2.45) is 0 Å². The molecule has 2 fully saturated rings. The Labute approximate surface area is 149 Å². The molecule has 0 N–H and O–H groups in total. The Balaban J connectivity index is 1.56. The van der Waals surface area contributed by atoms with E-state index in [-0.39, 0.29) is 5.60 Å². The average molecular weight is 341 g/mol. The third kappa shape index (κ3) is 3.18. The molecule has 0 amide bonds. The number of pyridine rings is 1. The predicted octanol–water partition coefficient (Wildman–Crippen LogP) is 2.85. The van der Waals surface area contributed by atoms with Crippen LogP contribution in [0.15, 0.2) is 24.3 Å². The molecule has 1 spiro atoms. The van der Waals surface area contributed by atoms with E-state index in [2.05, 4.69) is 35.9 Å². The summed E-state index contributed by atoms with van der Waals surface area (Å²) < 4.78 is 11.5. The number of hydrogen-bond acceptors (Lipinski definition) is 5. The van der Waals surface area contributed by atoms with Crippen LogP contribution in [0, 0.1) is 6.92 Å². The van der Waals surface area contributed by atoms with Crippen LogP contribution in [-0.2, 0) is 4.74 Å². The molecule has 4 rings (SSSR count). The molecule has 1 aromatic heterocycles. The third-order valence-corrected chi connectivity index (χ3v) is 5.65. The lowest BCUT2D eigenvalue weighted by molar-refractivity contribution is -0.115. The minimum Gasteiger partial charge on any atom is -0.497 e. The first-order valence-corrected chi connectivity index (χ1v) is 9.11. The molecule has 2 aliphatic heterocycles. The van der Waals surface area contributed by atoms with Gasteiger partial charge < -0.3 is 19.3 Å². The second kappa shape index (κ2) is 6.46. The van der Waals surface area contributed by atoms with Crippen molar-refractivity contribution in [3.63, 3.8) is 0 Å². The first-order valence-electron chi connectivity index (χ1n) is 9.11. The Morgan fingerprint density at radius 1 is 1.16 bits per heavy atom. The number of nitrogens with zero attached hydrogens (tertiary/aromatic N) is 3. The van der Waals surface area contributed by atoms with Gasteiger partial charge in [0, 0.05) is 37.6 Å². The number of benzene rings is 1. The summed E-state index contributed by atoms with van der Waals surface area (Å²) in [5.74, 6) is 1.92. The maximum atomic E-state index is 6.18. The summed E-state index contributed by atoms with van der Waals surface area (Å²) in [6.45, 7) is 7.08. The van der Waals surface area contributed by atoms with Crippen LogP contribution in [0.25, 0.3) is 10.9 Å². The van der Waals surface area contributed by atoms with Crippen molar-refractivity contribution >= 4 is 16.7 Å². The topological polar surface area (TPSA) is 37.8 Å². The number of ether oxygens (including phenoxy) is 2. The van der Waals surface area contributed by atoms with Crippen LogP contribution in [0.3, 0.4) is 0 Å². The van der Waals surface area contributed by atoms with E-state index in [4.69, 9.17) is 14.5 Å². The lowest BCUT2D eigenvalue weighted by Gasteiger charge is -2.46. The molecule has 2 aromatic rings. The van der Waals surface area contributed by atoms with Crippen molar-refractivity contribution in [2.45, 2.75) is 25.4 Å². The van der Waals surface area contributed by atoms with Gasteiger partial charge in [0.2, 0.25) is 0 Å². The van der Waals surface area contributed by atoms with Crippen LogP contribution in [0.2, 0.25) is 0 Å². The number of rotatable bonds is 2. The standard InChI is InChI=1S/C20H27N3O2/c1-15-12-19(21-18-13-16(24-3)4-5-17(15)18)23-8-6-20(7-9-23)14-22(2)10-11-25-20/h4-5,12-13H,6-11,14H2,1-3H3. The molecule has 5 heteroatoms. The quantitative estimate of drug-likeness (QED) is 0.840. The number of anilines is 1. The molecule has 3 heterocycles. The molecular weight excluding hydrogens is 314 g/mol. The fourth-order valence-corrected chi connectivity index (χ4v) is 4.13. The first-order chi connectivity index (χ1) is 12.1. The highest BCUT2D eigenvalue weighted by Crippen LogP contribution is 2.33. The van der Waals surface area contributed by atoms with Gasteiger partial charge in [0.05, 0.1) is 24.8 Å². The van der Waals surface area contributed by atoms with Crippen molar-refractivity contribution in [3.8, 4) is 5.75 Å². The lowest BCUT2D eigenvalue weighted by Crippen LogP contribution is -2.56. The maximum absolute atomic E-state index is 6.18. The zero-order chi connectivity index (χ0) is 17.4. The summed E-state index contributed by atoms with van der Waals surface area (Å²) in [6.07, 6.45) is 2.13. The van der Waals surface area contributed by atoms with Crippen molar-refractivity contribution < 1.29 is 9.47 Å². The Morgan fingerprint density at radius 2 is 1.96 bits per heavy atom. The van der Waals surface area contributed by atoms with Gasteiger partial charge in [-0.1, -0.05) is 0 Å². The molecule has 134 valence electrons. The maximum Gasteiger partial charge on any atom is 0.129 e. The molecule has 0 atom stereocenters. The second-order valence-electron chi connectivity index (χ2n) is 7.44. The Morgan fingerprint density at radius 3 is 2.68 bits per heavy atom. The van der Waals surface area contributed by atoms with Crippen LogP contribution in [0.4, 0.5) is 5.82 Å². The normalized spacial score (nSPS) is 21.0. The van der Waals surface area contributed by atoms with E-state index in [0.29, 0.717) is 0 Å². The molecule has 0 radical (unpaired) electrons. The van der Waals surface area contributed by atoms with Crippen LogP contribution in [0.1, 0.15) is 18.4 Å². The zero-order valence-electron chi connectivity index (χ0n) is 15.4. The molecule has 2 aliphatic rings. The summed E-state index contributed by atoms with van der Waals surface area (Å²) in [4.78, 5) is 9.70. The van der Waals surface area contributed by atoms with Gasteiger partial charge in [0.1, 0.15) is 11.6 Å². The van der Waals surface area contributed by atoms with Crippen LogP contribution in [0.5, 0.6) is 5.75 Å².